The van der Waals surface area contributed by atoms with Gasteiger partial charge in [0.1, 0.15) is 5.82 Å². The van der Waals surface area contributed by atoms with Gasteiger partial charge in [0.15, 0.2) is 17.3 Å². The lowest BCUT2D eigenvalue weighted by Gasteiger charge is -2.39. The molecule has 0 radical (unpaired) electrons. The van der Waals surface area contributed by atoms with Gasteiger partial charge in [-0.15, -0.1) is 5.10 Å². The number of aryl methyl sites for hydroxylation is 2. The Kier molecular flexibility index (Phi) is 7.95. The van der Waals surface area contributed by atoms with Crippen molar-refractivity contribution in [3.05, 3.63) is 59.7 Å². The van der Waals surface area contributed by atoms with Crippen LogP contribution in [-0.2, 0) is 13.0 Å². The van der Waals surface area contributed by atoms with Gasteiger partial charge in [0.25, 0.3) is 0 Å². The Morgan fingerprint density at radius 2 is 1.76 bits per heavy atom. The highest BCUT2D eigenvalue weighted by atomic mass is 19.1. The van der Waals surface area contributed by atoms with Crippen LogP contribution in [0.1, 0.15) is 37.2 Å². The molecule has 0 amide bonds. The van der Waals surface area contributed by atoms with Crippen molar-refractivity contribution in [2.45, 2.75) is 38.8 Å². The zero-order valence-electron chi connectivity index (χ0n) is 20.2. The van der Waals surface area contributed by atoms with E-state index in [0.717, 1.165) is 56.8 Å². The molecule has 3 aromatic rings. The van der Waals surface area contributed by atoms with Crippen LogP contribution in [-0.4, -0.2) is 65.5 Å². The van der Waals surface area contributed by atoms with Crippen molar-refractivity contribution < 1.29 is 13.9 Å². The number of ether oxygens (including phenoxy) is 2. The lowest BCUT2D eigenvalue weighted by molar-refractivity contribution is 0.163. The minimum absolute atomic E-state index is 0.133. The first kappa shape index (κ1) is 23.9. The topological polar surface area (TPSA) is 68.5 Å². The van der Waals surface area contributed by atoms with E-state index in [-0.39, 0.29) is 11.9 Å². The minimum Gasteiger partial charge on any atom is -0.493 e. The zero-order chi connectivity index (χ0) is 23.9. The molecule has 1 aromatic heterocycles. The molecule has 0 spiro atoms. The van der Waals surface area contributed by atoms with Crippen molar-refractivity contribution in [2.24, 2.45) is 0 Å². The predicted molar refractivity (Wildman–Crippen MR) is 129 cm³/mol. The van der Waals surface area contributed by atoms with Gasteiger partial charge in [0, 0.05) is 32.7 Å². The standard InChI is InChI=1S/C25H33FN6O2/c1-4-7-22(31-16-14-30(15-17-31)21-9-6-5-8-20(21)26)25-27-28-29-32(25)13-12-19-10-11-23(33-2)24(18-19)34-3/h5-6,8-11,18,22H,4,7,12-17H2,1-3H3. The van der Waals surface area contributed by atoms with E-state index in [9.17, 15) is 4.39 Å². The summed E-state index contributed by atoms with van der Waals surface area (Å²) in [5.41, 5.74) is 1.80. The van der Waals surface area contributed by atoms with Gasteiger partial charge in [0.2, 0.25) is 0 Å². The maximum Gasteiger partial charge on any atom is 0.168 e. The molecule has 1 saturated heterocycles. The number of benzene rings is 2. The van der Waals surface area contributed by atoms with Crippen LogP contribution in [0.15, 0.2) is 42.5 Å². The van der Waals surface area contributed by atoms with E-state index in [1.807, 2.05) is 35.0 Å². The quantitative estimate of drug-likeness (QED) is 0.449. The minimum atomic E-state index is -0.167. The molecule has 1 unspecified atom stereocenters. The molecule has 0 saturated carbocycles. The summed E-state index contributed by atoms with van der Waals surface area (Å²) in [6.45, 7) is 6.07. The van der Waals surface area contributed by atoms with Crippen LogP contribution in [0.3, 0.4) is 0 Å². The van der Waals surface area contributed by atoms with Crippen molar-refractivity contribution >= 4 is 5.69 Å². The number of piperazine rings is 1. The number of rotatable bonds is 10. The number of tetrazole rings is 1. The molecule has 0 aliphatic carbocycles. The summed E-state index contributed by atoms with van der Waals surface area (Å²) in [4.78, 5) is 4.55. The third kappa shape index (κ3) is 5.30. The van der Waals surface area contributed by atoms with Gasteiger partial charge in [-0.2, -0.15) is 0 Å². The van der Waals surface area contributed by atoms with Gasteiger partial charge < -0.3 is 14.4 Å². The normalized spacial score (nSPS) is 15.4. The molecule has 1 atom stereocenters. The van der Waals surface area contributed by atoms with Crippen molar-refractivity contribution in [2.75, 3.05) is 45.3 Å². The Hall–Kier alpha value is -3.20. The second-order valence-corrected chi connectivity index (χ2v) is 8.48. The molecular weight excluding hydrogens is 435 g/mol. The molecule has 0 N–H and O–H groups in total. The SMILES string of the molecule is CCCC(c1nnnn1CCc1ccc(OC)c(OC)c1)N1CCN(c2ccccc2F)CC1. The van der Waals surface area contributed by atoms with E-state index < -0.39 is 0 Å². The zero-order valence-corrected chi connectivity index (χ0v) is 20.2. The Morgan fingerprint density at radius 3 is 2.47 bits per heavy atom. The van der Waals surface area contributed by atoms with E-state index in [4.69, 9.17) is 9.47 Å². The summed E-state index contributed by atoms with van der Waals surface area (Å²) in [5, 5.41) is 12.7. The molecule has 1 aliphatic heterocycles. The van der Waals surface area contributed by atoms with Gasteiger partial charge in [-0.05, 0) is 53.1 Å². The molecular formula is C25H33FN6O2. The highest BCUT2D eigenvalue weighted by Gasteiger charge is 2.29. The van der Waals surface area contributed by atoms with Crippen LogP contribution in [0.4, 0.5) is 10.1 Å². The molecule has 4 rings (SSSR count). The lowest BCUT2D eigenvalue weighted by atomic mass is 10.1. The van der Waals surface area contributed by atoms with E-state index in [2.05, 4.69) is 32.2 Å². The Labute approximate surface area is 200 Å². The van der Waals surface area contributed by atoms with Crippen molar-refractivity contribution in [3.8, 4) is 11.5 Å². The monoisotopic (exact) mass is 468 g/mol. The van der Waals surface area contributed by atoms with Crippen LogP contribution in [0.5, 0.6) is 11.5 Å². The fourth-order valence-electron chi connectivity index (χ4n) is 4.61. The molecule has 9 heteroatoms. The first-order valence-electron chi connectivity index (χ1n) is 11.8. The van der Waals surface area contributed by atoms with Gasteiger partial charge in [-0.3, -0.25) is 4.90 Å². The molecule has 182 valence electrons. The Morgan fingerprint density at radius 1 is 1.00 bits per heavy atom. The molecule has 2 aromatic carbocycles. The summed E-state index contributed by atoms with van der Waals surface area (Å²) in [7, 11) is 3.28. The largest absolute Gasteiger partial charge is 0.493 e. The number of aromatic nitrogens is 4. The van der Waals surface area contributed by atoms with Crippen molar-refractivity contribution in [1.82, 2.24) is 25.1 Å². The number of halogens is 1. The van der Waals surface area contributed by atoms with Crippen LogP contribution < -0.4 is 14.4 Å². The van der Waals surface area contributed by atoms with E-state index in [1.54, 1.807) is 20.3 Å². The third-order valence-electron chi connectivity index (χ3n) is 6.43. The summed E-state index contributed by atoms with van der Waals surface area (Å²) < 4.78 is 26.9. The highest BCUT2D eigenvalue weighted by molar-refractivity contribution is 5.48. The van der Waals surface area contributed by atoms with E-state index in [0.29, 0.717) is 23.7 Å². The second kappa shape index (κ2) is 11.3. The second-order valence-electron chi connectivity index (χ2n) is 8.48. The fraction of sp³-hybridized carbons (Fsp3) is 0.480. The fourth-order valence-corrected chi connectivity index (χ4v) is 4.61. The number of hydrogen-bond donors (Lipinski definition) is 0. The van der Waals surface area contributed by atoms with Gasteiger partial charge in [-0.1, -0.05) is 31.5 Å². The van der Waals surface area contributed by atoms with Gasteiger partial charge in [0.05, 0.1) is 25.9 Å². The third-order valence-corrected chi connectivity index (χ3v) is 6.43. The van der Waals surface area contributed by atoms with Gasteiger partial charge in [-0.25, -0.2) is 9.07 Å². The number of methoxy groups -OCH3 is 2. The lowest BCUT2D eigenvalue weighted by Crippen LogP contribution is -2.48. The maximum atomic E-state index is 14.2. The smallest absolute Gasteiger partial charge is 0.168 e. The molecule has 2 heterocycles. The highest BCUT2D eigenvalue weighted by Crippen LogP contribution is 2.29. The average Bonchev–Trinajstić information content (AvgIpc) is 3.34. The van der Waals surface area contributed by atoms with E-state index >= 15 is 0 Å². The van der Waals surface area contributed by atoms with Crippen LogP contribution in [0.25, 0.3) is 0 Å². The molecule has 0 bridgehead atoms. The number of para-hydroxylation sites is 1. The molecule has 8 nitrogen and oxygen atoms in total. The van der Waals surface area contributed by atoms with E-state index in [1.165, 1.54) is 6.07 Å². The van der Waals surface area contributed by atoms with Crippen LogP contribution in [0, 0.1) is 5.82 Å². The predicted octanol–water partition coefficient (Wildman–Crippen LogP) is 3.74. The van der Waals surface area contributed by atoms with Gasteiger partial charge >= 0.3 is 0 Å². The summed E-state index contributed by atoms with van der Waals surface area (Å²) in [6, 6.07) is 13.1. The average molecular weight is 469 g/mol. The summed E-state index contributed by atoms with van der Waals surface area (Å²) in [5.74, 6) is 2.15. The Bertz CT molecular complexity index is 1070. The summed E-state index contributed by atoms with van der Waals surface area (Å²) >= 11 is 0. The first-order valence-corrected chi connectivity index (χ1v) is 11.8. The number of nitrogens with zero attached hydrogens (tertiary/aromatic N) is 6. The molecule has 1 fully saturated rings. The summed E-state index contributed by atoms with van der Waals surface area (Å²) in [6.07, 6.45) is 2.77. The Balaban J connectivity index is 1.44. The molecule has 34 heavy (non-hydrogen) atoms. The van der Waals surface area contributed by atoms with Crippen molar-refractivity contribution in [3.63, 3.8) is 0 Å². The maximum absolute atomic E-state index is 14.2. The number of hydrogen-bond acceptors (Lipinski definition) is 7. The van der Waals surface area contributed by atoms with Crippen molar-refractivity contribution in [1.29, 1.82) is 0 Å². The van der Waals surface area contributed by atoms with Crippen LogP contribution >= 0.6 is 0 Å². The number of anilines is 1. The first-order chi connectivity index (χ1) is 16.6. The molecule has 1 aliphatic rings. The van der Waals surface area contributed by atoms with Crippen LogP contribution in [0.2, 0.25) is 0 Å².